The van der Waals surface area contributed by atoms with Gasteiger partial charge in [-0.1, -0.05) is 50.6 Å². The molecule has 5 nitrogen and oxygen atoms in total. The molecule has 2 aromatic rings. The fraction of sp³-hybridized carbons (Fsp3) is 0.429. The molecule has 0 saturated carbocycles. The minimum Gasteiger partial charge on any atom is -0.462 e. The number of nitrogens with zero attached hydrogens (tertiary/aromatic N) is 1. The first-order chi connectivity index (χ1) is 13.1. The number of rotatable bonds is 10. The van der Waals surface area contributed by atoms with Crippen LogP contribution in [0.2, 0.25) is 0 Å². The molecule has 0 aliphatic heterocycles. The second-order valence-electron chi connectivity index (χ2n) is 6.21. The molecular weight excluding hydrogens is 360 g/mol. The fourth-order valence-corrected chi connectivity index (χ4v) is 3.76. The summed E-state index contributed by atoms with van der Waals surface area (Å²) in [7, 11) is 0. The summed E-state index contributed by atoms with van der Waals surface area (Å²) < 4.78 is 5.23. The van der Waals surface area contributed by atoms with E-state index in [1.165, 1.54) is 11.3 Å². The van der Waals surface area contributed by atoms with E-state index in [1.54, 1.807) is 6.92 Å². The van der Waals surface area contributed by atoms with Gasteiger partial charge in [-0.3, -0.25) is 9.69 Å². The molecule has 0 atom stereocenters. The Morgan fingerprint density at radius 3 is 2.52 bits per heavy atom. The maximum atomic E-state index is 12.5. The quantitative estimate of drug-likeness (QED) is 0.602. The van der Waals surface area contributed by atoms with Crippen LogP contribution >= 0.6 is 11.3 Å². The maximum Gasteiger partial charge on any atom is 0.341 e. The Kier molecular flexibility index (Phi) is 8.48. The summed E-state index contributed by atoms with van der Waals surface area (Å²) in [6.07, 6.45) is 2.16. The number of likely N-dealkylation sites (N-methyl/N-ethyl adjacent to an activating group) is 1. The van der Waals surface area contributed by atoms with Gasteiger partial charge in [0.1, 0.15) is 10.6 Å². The number of hydrogen-bond acceptors (Lipinski definition) is 5. The number of unbranched alkanes of at least 4 members (excludes halogenated alkanes) is 1. The van der Waals surface area contributed by atoms with Gasteiger partial charge in [-0.2, -0.15) is 0 Å². The summed E-state index contributed by atoms with van der Waals surface area (Å²) >= 11 is 1.35. The fourth-order valence-electron chi connectivity index (χ4n) is 2.79. The number of carbonyl (C=O) groups excluding carboxylic acids is 2. The molecule has 0 spiro atoms. The molecule has 1 N–H and O–H groups in total. The predicted molar refractivity (Wildman–Crippen MR) is 111 cm³/mol. The van der Waals surface area contributed by atoms with E-state index < -0.39 is 5.97 Å². The number of ether oxygens (including phenoxy) is 1. The number of anilines is 1. The van der Waals surface area contributed by atoms with Gasteiger partial charge in [-0.05, 0) is 32.0 Å². The van der Waals surface area contributed by atoms with E-state index in [9.17, 15) is 9.59 Å². The second kappa shape index (κ2) is 10.8. The van der Waals surface area contributed by atoms with Gasteiger partial charge in [-0.25, -0.2) is 4.79 Å². The van der Waals surface area contributed by atoms with Gasteiger partial charge in [-0.15, -0.1) is 11.3 Å². The first-order valence-corrected chi connectivity index (χ1v) is 10.3. The van der Waals surface area contributed by atoms with Crippen LogP contribution in [0, 0.1) is 0 Å². The van der Waals surface area contributed by atoms with Crippen LogP contribution in [0.1, 0.15) is 44.0 Å². The van der Waals surface area contributed by atoms with Gasteiger partial charge >= 0.3 is 5.97 Å². The highest BCUT2D eigenvalue weighted by atomic mass is 32.1. The third kappa shape index (κ3) is 5.91. The molecule has 1 amide bonds. The number of esters is 1. The van der Waals surface area contributed by atoms with Crippen molar-refractivity contribution >= 4 is 28.2 Å². The third-order valence-corrected chi connectivity index (χ3v) is 5.15. The first-order valence-electron chi connectivity index (χ1n) is 9.46. The number of benzene rings is 1. The molecular formula is C21H28N2O3S. The average Bonchev–Trinajstić information content (AvgIpc) is 3.09. The van der Waals surface area contributed by atoms with Gasteiger partial charge in [0.2, 0.25) is 5.91 Å². The van der Waals surface area contributed by atoms with Crippen LogP contribution in [-0.2, 0) is 9.53 Å². The molecule has 0 saturated heterocycles. The third-order valence-electron chi connectivity index (χ3n) is 4.25. The zero-order valence-corrected chi connectivity index (χ0v) is 17.1. The minimum absolute atomic E-state index is 0.111. The number of carbonyl (C=O) groups is 2. The maximum absolute atomic E-state index is 12.5. The second-order valence-corrected chi connectivity index (χ2v) is 7.09. The van der Waals surface area contributed by atoms with Crippen molar-refractivity contribution in [2.45, 2.75) is 33.6 Å². The van der Waals surface area contributed by atoms with Crippen molar-refractivity contribution in [3.05, 3.63) is 41.3 Å². The molecule has 6 heteroatoms. The number of thiophene rings is 1. The minimum atomic E-state index is -0.411. The molecule has 0 fully saturated rings. The lowest BCUT2D eigenvalue weighted by Gasteiger charge is -2.19. The number of hydrogen-bond donors (Lipinski definition) is 1. The van der Waals surface area contributed by atoms with E-state index in [0.29, 0.717) is 17.1 Å². The number of amides is 1. The molecule has 2 rings (SSSR count). The van der Waals surface area contributed by atoms with Gasteiger partial charge in [0.15, 0.2) is 0 Å². The van der Waals surface area contributed by atoms with Crippen molar-refractivity contribution in [2.75, 3.05) is 31.6 Å². The molecule has 27 heavy (non-hydrogen) atoms. The van der Waals surface area contributed by atoms with Gasteiger partial charge in [0.05, 0.1) is 13.2 Å². The van der Waals surface area contributed by atoms with E-state index in [0.717, 1.165) is 37.1 Å². The van der Waals surface area contributed by atoms with Crippen molar-refractivity contribution in [3.8, 4) is 11.1 Å². The molecule has 0 radical (unpaired) electrons. The van der Waals surface area contributed by atoms with Crippen LogP contribution in [0.3, 0.4) is 0 Å². The summed E-state index contributed by atoms with van der Waals surface area (Å²) in [5.41, 5.74) is 2.14. The van der Waals surface area contributed by atoms with Crippen LogP contribution < -0.4 is 5.32 Å². The highest BCUT2D eigenvalue weighted by Gasteiger charge is 2.23. The topological polar surface area (TPSA) is 58.6 Å². The Labute approximate surface area is 165 Å². The van der Waals surface area contributed by atoms with Crippen molar-refractivity contribution in [3.63, 3.8) is 0 Å². The van der Waals surface area contributed by atoms with Crippen LogP contribution in [0.5, 0.6) is 0 Å². The van der Waals surface area contributed by atoms with E-state index in [1.807, 2.05) is 42.6 Å². The zero-order chi connectivity index (χ0) is 19.6. The van der Waals surface area contributed by atoms with Crippen molar-refractivity contribution in [2.24, 2.45) is 0 Å². The Bertz CT molecular complexity index is 743. The van der Waals surface area contributed by atoms with Gasteiger partial charge < -0.3 is 10.1 Å². The molecule has 146 valence electrons. The van der Waals surface area contributed by atoms with Crippen LogP contribution in [0.15, 0.2) is 35.7 Å². The first kappa shape index (κ1) is 21.1. The summed E-state index contributed by atoms with van der Waals surface area (Å²) in [5.74, 6) is -0.522. The standard InChI is InChI=1S/C21H28N2O3S/c1-4-7-13-23(5-2)14-18(24)22-20-19(21(25)26-6-3)17(15-27-20)16-11-9-8-10-12-16/h8-12,15H,4-7,13-14H2,1-3H3,(H,22,24). The Morgan fingerprint density at radius 1 is 1.15 bits per heavy atom. The lowest BCUT2D eigenvalue weighted by atomic mass is 10.0. The molecule has 0 unspecified atom stereocenters. The Hall–Kier alpha value is -2.18. The predicted octanol–water partition coefficient (Wildman–Crippen LogP) is 4.65. The van der Waals surface area contributed by atoms with E-state index in [4.69, 9.17) is 4.74 Å². The van der Waals surface area contributed by atoms with Crippen molar-refractivity contribution in [1.82, 2.24) is 4.90 Å². The molecule has 1 aromatic heterocycles. The largest absolute Gasteiger partial charge is 0.462 e. The van der Waals surface area contributed by atoms with Gasteiger partial charge in [0.25, 0.3) is 0 Å². The van der Waals surface area contributed by atoms with Crippen LogP contribution in [0.4, 0.5) is 5.00 Å². The highest BCUT2D eigenvalue weighted by molar-refractivity contribution is 7.15. The lowest BCUT2D eigenvalue weighted by molar-refractivity contribution is -0.117. The Morgan fingerprint density at radius 2 is 1.89 bits per heavy atom. The van der Waals surface area contributed by atoms with E-state index in [2.05, 4.69) is 17.1 Å². The summed E-state index contributed by atoms with van der Waals surface area (Å²) in [6.45, 7) is 8.27. The van der Waals surface area contributed by atoms with E-state index in [-0.39, 0.29) is 12.5 Å². The summed E-state index contributed by atoms with van der Waals surface area (Å²) in [4.78, 5) is 27.2. The highest BCUT2D eigenvalue weighted by Crippen LogP contribution is 2.36. The van der Waals surface area contributed by atoms with Crippen molar-refractivity contribution in [1.29, 1.82) is 0 Å². The average molecular weight is 389 g/mol. The zero-order valence-electron chi connectivity index (χ0n) is 16.3. The molecule has 1 heterocycles. The monoisotopic (exact) mass is 388 g/mol. The smallest absolute Gasteiger partial charge is 0.341 e. The molecule has 1 aromatic carbocycles. The molecule has 0 aliphatic carbocycles. The normalized spacial score (nSPS) is 10.8. The lowest BCUT2D eigenvalue weighted by Crippen LogP contribution is -2.34. The van der Waals surface area contributed by atoms with Crippen LogP contribution in [0.25, 0.3) is 11.1 Å². The molecule has 0 bridgehead atoms. The van der Waals surface area contributed by atoms with Crippen LogP contribution in [-0.4, -0.2) is 43.0 Å². The van der Waals surface area contributed by atoms with Gasteiger partial charge in [0, 0.05) is 10.9 Å². The summed E-state index contributed by atoms with van der Waals surface area (Å²) in [5, 5.41) is 5.36. The van der Waals surface area contributed by atoms with E-state index >= 15 is 0 Å². The summed E-state index contributed by atoms with van der Waals surface area (Å²) in [6, 6.07) is 9.66. The van der Waals surface area contributed by atoms with Crippen molar-refractivity contribution < 1.29 is 14.3 Å². The molecule has 0 aliphatic rings. The Balaban J connectivity index is 2.22. The number of nitrogens with one attached hydrogen (secondary N) is 1. The SMILES string of the molecule is CCCCN(CC)CC(=O)Nc1scc(-c2ccccc2)c1C(=O)OCC.